The highest BCUT2D eigenvalue weighted by molar-refractivity contribution is 7.92. The first-order valence-corrected chi connectivity index (χ1v) is 10.6. The van der Waals surface area contributed by atoms with Gasteiger partial charge in [-0.05, 0) is 36.8 Å². The number of carbonyl (C=O) groups excluding carboxylic acids is 1. The number of hydrogen-bond acceptors (Lipinski definition) is 7. The minimum atomic E-state index is -3.95. The van der Waals surface area contributed by atoms with Gasteiger partial charge in [0.1, 0.15) is 15.7 Å². The SMILES string of the molecule is CNC(=S)NS(=O)(=O)c1cc(CC(=O)NC(C)c2nccs2)ccc1OC. The zero-order valence-electron chi connectivity index (χ0n) is 15.0. The number of rotatable bonds is 7. The monoisotopic (exact) mass is 428 g/mol. The van der Waals surface area contributed by atoms with E-state index in [0.29, 0.717) is 5.56 Å². The van der Waals surface area contributed by atoms with Gasteiger partial charge in [-0.2, -0.15) is 0 Å². The smallest absolute Gasteiger partial charge is 0.267 e. The lowest BCUT2D eigenvalue weighted by atomic mass is 10.1. The summed E-state index contributed by atoms with van der Waals surface area (Å²) in [4.78, 5) is 16.4. The van der Waals surface area contributed by atoms with E-state index in [9.17, 15) is 13.2 Å². The van der Waals surface area contributed by atoms with Crippen molar-refractivity contribution in [1.82, 2.24) is 20.3 Å². The number of ether oxygens (including phenoxy) is 1. The maximum absolute atomic E-state index is 12.5. The van der Waals surface area contributed by atoms with Gasteiger partial charge in [0.2, 0.25) is 5.91 Å². The second-order valence-corrected chi connectivity index (χ2v) is 8.49. The molecule has 11 heteroatoms. The average molecular weight is 429 g/mol. The molecule has 0 aliphatic heterocycles. The van der Waals surface area contributed by atoms with Crippen molar-refractivity contribution >= 4 is 44.6 Å². The third-order valence-electron chi connectivity index (χ3n) is 3.54. The third-order valence-corrected chi connectivity index (χ3v) is 6.30. The molecule has 1 unspecified atom stereocenters. The number of hydrogen-bond donors (Lipinski definition) is 3. The Morgan fingerprint density at radius 1 is 1.41 bits per heavy atom. The summed E-state index contributed by atoms with van der Waals surface area (Å²) in [6.07, 6.45) is 1.69. The van der Waals surface area contributed by atoms with Gasteiger partial charge >= 0.3 is 0 Å². The van der Waals surface area contributed by atoms with E-state index in [2.05, 4.69) is 20.3 Å². The van der Waals surface area contributed by atoms with Crippen LogP contribution in [0.25, 0.3) is 0 Å². The zero-order chi connectivity index (χ0) is 20.0. The number of nitrogens with one attached hydrogen (secondary N) is 3. The van der Waals surface area contributed by atoms with E-state index in [1.165, 1.54) is 37.6 Å². The van der Waals surface area contributed by atoms with Crippen molar-refractivity contribution in [3.63, 3.8) is 0 Å². The number of carbonyl (C=O) groups is 1. The van der Waals surface area contributed by atoms with Crippen LogP contribution in [0.1, 0.15) is 23.5 Å². The van der Waals surface area contributed by atoms with Crippen LogP contribution in [-0.4, -0.2) is 38.6 Å². The molecule has 1 atom stereocenters. The van der Waals surface area contributed by atoms with Crippen molar-refractivity contribution < 1.29 is 17.9 Å². The largest absolute Gasteiger partial charge is 0.495 e. The van der Waals surface area contributed by atoms with Crippen molar-refractivity contribution in [3.05, 3.63) is 40.3 Å². The summed E-state index contributed by atoms with van der Waals surface area (Å²) in [7, 11) is -1.08. The van der Waals surface area contributed by atoms with Gasteiger partial charge in [0.15, 0.2) is 5.11 Å². The maximum atomic E-state index is 12.5. The molecule has 0 saturated heterocycles. The van der Waals surface area contributed by atoms with E-state index >= 15 is 0 Å². The van der Waals surface area contributed by atoms with Crippen LogP contribution in [0.2, 0.25) is 0 Å². The number of benzene rings is 1. The molecule has 8 nitrogen and oxygen atoms in total. The molecular formula is C16H20N4O4S3. The minimum absolute atomic E-state index is 0.0126. The predicted molar refractivity (Wildman–Crippen MR) is 107 cm³/mol. The summed E-state index contributed by atoms with van der Waals surface area (Å²) in [5, 5.41) is 7.97. The molecule has 0 radical (unpaired) electrons. The molecule has 2 aromatic rings. The van der Waals surface area contributed by atoms with Crippen LogP contribution in [0.3, 0.4) is 0 Å². The predicted octanol–water partition coefficient (Wildman–Crippen LogP) is 1.35. The molecule has 0 fully saturated rings. The van der Waals surface area contributed by atoms with Crippen molar-refractivity contribution in [2.75, 3.05) is 14.2 Å². The van der Waals surface area contributed by atoms with Crippen LogP contribution in [0, 0.1) is 0 Å². The number of methoxy groups -OCH3 is 1. The first-order valence-electron chi connectivity index (χ1n) is 7.87. The van der Waals surface area contributed by atoms with Crippen LogP contribution in [0.5, 0.6) is 5.75 Å². The van der Waals surface area contributed by atoms with E-state index < -0.39 is 10.0 Å². The van der Waals surface area contributed by atoms with E-state index in [-0.39, 0.29) is 34.1 Å². The van der Waals surface area contributed by atoms with Crippen LogP contribution in [0.4, 0.5) is 0 Å². The Kier molecular flexibility index (Phi) is 7.11. The first-order chi connectivity index (χ1) is 12.8. The van der Waals surface area contributed by atoms with Crippen LogP contribution in [-0.2, 0) is 21.2 Å². The van der Waals surface area contributed by atoms with Gasteiger partial charge in [0.25, 0.3) is 10.0 Å². The van der Waals surface area contributed by atoms with Gasteiger partial charge in [-0.25, -0.2) is 13.4 Å². The van der Waals surface area contributed by atoms with E-state index in [1.54, 1.807) is 12.3 Å². The average Bonchev–Trinajstić information content (AvgIpc) is 3.16. The molecule has 1 heterocycles. The molecule has 146 valence electrons. The number of thiazole rings is 1. The normalized spacial score (nSPS) is 12.1. The fourth-order valence-corrected chi connectivity index (χ4v) is 4.41. The minimum Gasteiger partial charge on any atom is -0.495 e. The van der Waals surface area contributed by atoms with Crippen molar-refractivity contribution in [2.45, 2.75) is 24.3 Å². The van der Waals surface area contributed by atoms with Crippen LogP contribution in [0.15, 0.2) is 34.7 Å². The summed E-state index contributed by atoms with van der Waals surface area (Å²) in [5.41, 5.74) is 0.524. The highest BCUT2D eigenvalue weighted by atomic mass is 32.2. The van der Waals surface area contributed by atoms with Gasteiger partial charge in [-0.1, -0.05) is 6.07 Å². The maximum Gasteiger partial charge on any atom is 0.267 e. The lowest BCUT2D eigenvalue weighted by molar-refractivity contribution is -0.121. The highest BCUT2D eigenvalue weighted by Gasteiger charge is 2.22. The Labute approximate surface area is 167 Å². The summed E-state index contributed by atoms with van der Waals surface area (Å²) in [6.45, 7) is 1.84. The fourth-order valence-electron chi connectivity index (χ4n) is 2.26. The number of thiocarbonyl (C=S) groups is 1. The van der Waals surface area contributed by atoms with E-state index in [1.807, 2.05) is 12.3 Å². The molecule has 2 rings (SSSR count). The van der Waals surface area contributed by atoms with Crippen molar-refractivity contribution in [2.24, 2.45) is 0 Å². The lowest BCUT2D eigenvalue weighted by Crippen LogP contribution is -2.37. The molecule has 0 aliphatic rings. The van der Waals surface area contributed by atoms with Gasteiger partial charge in [0.05, 0.1) is 19.6 Å². The Morgan fingerprint density at radius 3 is 2.74 bits per heavy atom. The number of nitrogens with zero attached hydrogens (tertiary/aromatic N) is 1. The molecule has 1 aromatic heterocycles. The second-order valence-electron chi connectivity index (χ2n) is 5.51. The number of sulfonamides is 1. The number of amides is 1. The summed E-state index contributed by atoms with van der Waals surface area (Å²) in [5.74, 6) is -0.0911. The highest BCUT2D eigenvalue weighted by Crippen LogP contribution is 2.25. The summed E-state index contributed by atoms with van der Waals surface area (Å²) >= 11 is 6.31. The molecule has 1 aromatic carbocycles. The second kappa shape index (κ2) is 9.11. The van der Waals surface area contributed by atoms with E-state index in [0.717, 1.165) is 5.01 Å². The van der Waals surface area contributed by atoms with Gasteiger partial charge < -0.3 is 15.4 Å². The molecule has 0 saturated carbocycles. The summed E-state index contributed by atoms with van der Waals surface area (Å²) < 4.78 is 32.4. The van der Waals surface area contributed by atoms with E-state index in [4.69, 9.17) is 17.0 Å². The van der Waals surface area contributed by atoms with Crippen molar-refractivity contribution in [1.29, 1.82) is 0 Å². The van der Waals surface area contributed by atoms with Crippen LogP contribution >= 0.6 is 23.6 Å². The number of aromatic nitrogens is 1. The Morgan fingerprint density at radius 2 is 2.15 bits per heavy atom. The topological polar surface area (TPSA) is 109 Å². The molecule has 0 bridgehead atoms. The van der Waals surface area contributed by atoms with Gasteiger partial charge in [-0.15, -0.1) is 11.3 Å². The third kappa shape index (κ3) is 5.62. The molecule has 3 N–H and O–H groups in total. The van der Waals surface area contributed by atoms with Gasteiger partial charge in [0, 0.05) is 18.6 Å². The summed E-state index contributed by atoms with van der Waals surface area (Å²) in [6, 6.07) is 4.31. The van der Waals surface area contributed by atoms with Crippen LogP contribution < -0.4 is 20.1 Å². The molecule has 0 aliphatic carbocycles. The first kappa shape index (κ1) is 21.1. The van der Waals surface area contributed by atoms with Gasteiger partial charge in [-0.3, -0.25) is 9.52 Å². The Hall–Kier alpha value is -2.24. The molecule has 0 spiro atoms. The molecular weight excluding hydrogens is 408 g/mol. The molecule has 27 heavy (non-hydrogen) atoms. The molecule has 1 amide bonds. The quantitative estimate of drug-likeness (QED) is 0.571. The Balaban J connectivity index is 2.18. The fraction of sp³-hybridized carbons (Fsp3) is 0.312. The Bertz CT molecular complexity index is 914. The zero-order valence-corrected chi connectivity index (χ0v) is 17.4. The van der Waals surface area contributed by atoms with Crippen molar-refractivity contribution in [3.8, 4) is 5.75 Å². The lowest BCUT2D eigenvalue weighted by Gasteiger charge is -2.14. The standard InChI is InChI=1S/C16H20N4O4S3/c1-10(15-18-6-7-26-15)19-14(21)9-11-4-5-12(24-3)13(8-11)27(22,23)20-16(25)17-2/h4-8,10H,9H2,1-3H3,(H,19,21)(H2,17,20,25).